The topological polar surface area (TPSA) is 81.6 Å². The van der Waals surface area contributed by atoms with E-state index in [-0.39, 0.29) is 5.96 Å². The maximum Gasteiger partial charge on any atom is 0.256 e. The molecule has 0 unspecified atom stereocenters. The van der Waals surface area contributed by atoms with Gasteiger partial charge in [-0.15, -0.1) is 5.10 Å². The minimum Gasteiger partial charge on any atom is -0.372 e. The van der Waals surface area contributed by atoms with Gasteiger partial charge < -0.3 is 16.4 Å². The molecule has 0 amide bonds. The molecule has 0 bridgehead atoms. The van der Waals surface area contributed by atoms with Crippen molar-refractivity contribution in [1.29, 1.82) is 0 Å². The molecule has 0 radical (unpaired) electrons. The number of nitrogens with two attached hydrogens (primary N) is 2. The fourth-order valence-electron chi connectivity index (χ4n) is 2.11. The molecular weight excluding hydrogens is 226 g/mol. The van der Waals surface area contributed by atoms with Crippen molar-refractivity contribution >= 4 is 17.9 Å². The van der Waals surface area contributed by atoms with Crippen LogP contribution in [0.4, 0.5) is 5.69 Å². The van der Waals surface area contributed by atoms with Gasteiger partial charge in [0.15, 0.2) is 0 Å². The van der Waals surface area contributed by atoms with Crippen LogP contribution in [-0.2, 0) is 0 Å². The van der Waals surface area contributed by atoms with Crippen LogP contribution in [0.3, 0.4) is 0 Å². The maximum absolute atomic E-state index is 5.22. The highest BCUT2D eigenvalue weighted by Crippen LogP contribution is 2.19. The summed E-state index contributed by atoms with van der Waals surface area (Å²) < 4.78 is 0. The first-order valence-electron chi connectivity index (χ1n) is 6.28. The van der Waals surface area contributed by atoms with Crippen LogP contribution in [0.5, 0.6) is 0 Å². The van der Waals surface area contributed by atoms with Crippen LogP contribution in [0.2, 0.25) is 0 Å². The van der Waals surface area contributed by atoms with Gasteiger partial charge in [0.05, 0.1) is 0 Å². The maximum atomic E-state index is 5.22. The average Bonchev–Trinajstić information content (AvgIpc) is 2.40. The Labute approximate surface area is 107 Å². The monoisotopic (exact) mass is 246 g/mol. The third-order valence-electron chi connectivity index (χ3n) is 3.04. The van der Waals surface area contributed by atoms with Crippen molar-refractivity contribution < 1.29 is 5.10 Å². The van der Waals surface area contributed by atoms with E-state index in [1.54, 1.807) is 6.21 Å². The van der Waals surface area contributed by atoms with Gasteiger partial charge in [0.25, 0.3) is 5.96 Å². The molecule has 1 fully saturated rings. The standard InChI is InChI=1S/C13H19N5/c14-13(15)17-16-10-11-4-6-12(7-5-11)18-8-2-1-3-9-18/h4-7,10H,1-3,8-9H2,(H4,14,15,17)/p+1/b16-10-. The van der Waals surface area contributed by atoms with Gasteiger partial charge >= 0.3 is 0 Å². The second-order valence-electron chi connectivity index (χ2n) is 4.45. The van der Waals surface area contributed by atoms with Crippen LogP contribution in [0, 0.1) is 0 Å². The normalized spacial score (nSPS) is 15.9. The molecule has 0 spiro atoms. The average molecular weight is 246 g/mol. The van der Waals surface area contributed by atoms with Crippen LogP contribution in [0.15, 0.2) is 29.4 Å². The van der Waals surface area contributed by atoms with Crippen molar-refractivity contribution in [2.75, 3.05) is 18.0 Å². The number of rotatable bonds is 3. The van der Waals surface area contributed by atoms with E-state index < -0.39 is 0 Å². The fraction of sp³-hybridized carbons (Fsp3) is 0.385. The summed E-state index contributed by atoms with van der Waals surface area (Å²) in [7, 11) is 0. The predicted molar refractivity (Wildman–Crippen MR) is 74.4 cm³/mol. The number of guanidine groups is 1. The molecule has 1 aliphatic rings. The number of anilines is 1. The highest BCUT2D eigenvalue weighted by Gasteiger charge is 2.10. The van der Waals surface area contributed by atoms with Crippen molar-refractivity contribution in [3.05, 3.63) is 29.8 Å². The molecule has 5 heteroatoms. The van der Waals surface area contributed by atoms with Crippen LogP contribution in [-0.4, -0.2) is 25.3 Å². The van der Waals surface area contributed by atoms with Gasteiger partial charge in [-0.3, -0.25) is 0 Å². The molecule has 1 saturated heterocycles. The summed E-state index contributed by atoms with van der Waals surface area (Å²) in [5, 5.41) is 6.39. The molecule has 1 aliphatic heterocycles. The van der Waals surface area contributed by atoms with Crippen molar-refractivity contribution in [2.45, 2.75) is 19.3 Å². The third kappa shape index (κ3) is 3.48. The predicted octanol–water partition coefficient (Wildman–Crippen LogP) is -0.635. The molecule has 18 heavy (non-hydrogen) atoms. The van der Waals surface area contributed by atoms with E-state index in [0.29, 0.717) is 0 Å². The number of hydrogen-bond donors (Lipinski definition) is 3. The lowest BCUT2D eigenvalue weighted by Gasteiger charge is -2.28. The Morgan fingerprint density at radius 1 is 1.11 bits per heavy atom. The Balaban J connectivity index is 2.00. The number of hydrazone groups is 1. The summed E-state index contributed by atoms with van der Waals surface area (Å²) in [5.74, 6) is 0.0242. The second-order valence-corrected chi connectivity index (χ2v) is 4.45. The van der Waals surface area contributed by atoms with Crippen LogP contribution in [0.25, 0.3) is 0 Å². The zero-order valence-corrected chi connectivity index (χ0v) is 10.5. The van der Waals surface area contributed by atoms with Crippen LogP contribution < -0.4 is 21.5 Å². The Morgan fingerprint density at radius 3 is 2.39 bits per heavy atom. The number of benzene rings is 1. The van der Waals surface area contributed by atoms with Crippen LogP contribution >= 0.6 is 0 Å². The third-order valence-corrected chi connectivity index (χ3v) is 3.04. The molecule has 0 aromatic heterocycles. The minimum absolute atomic E-state index is 0.0242. The van der Waals surface area contributed by atoms with Gasteiger partial charge in [-0.1, -0.05) is 0 Å². The number of hydrogen-bond acceptors (Lipinski definition) is 2. The van der Waals surface area contributed by atoms with E-state index >= 15 is 0 Å². The van der Waals surface area contributed by atoms with E-state index in [1.807, 2.05) is 0 Å². The summed E-state index contributed by atoms with van der Waals surface area (Å²) in [6, 6.07) is 8.38. The van der Waals surface area contributed by atoms with Gasteiger partial charge in [-0.05, 0) is 43.5 Å². The molecule has 5 N–H and O–H groups in total. The molecule has 0 saturated carbocycles. The largest absolute Gasteiger partial charge is 0.372 e. The molecule has 1 heterocycles. The molecule has 0 aliphatic carbocycles. The van der Waals surface area contributed by atoms with Crippen molar-refractivity contribution in [1.82, 2.24) is 0 Å². The lowest BCUT2D eigenvalue weighted by Crippen LogP contribution is -2.63. The van der Waals surface area contributed by atoms with E-state index in [4.69, 9.17) is 11.5 Å². The van der Waals surface area contributed by atoms with Crippen molar-refractivity contribution in [3.8, 4) is 0 Å². The lowest BCUT2D eigenvalue weighted by molar-refractivity contribution is -0.456. The quantitative estimate of drug-likeness (QED) is 0.377. The molecular formula is C13H20N5+. The highest BCUT2D eigenvalue weighted by atomic mass is 15.3. The summed E-state index contributed by atoms with van der Waals surface area (Å²) in [6.45, 7) is 2.32. The number of nitrogens with one attached hydrogen (secondary N) is 1. The van der Waals surface area contributed by atoms with E-state index in [2.05, 4.69) is 39.4 Å². The van der Waals surface area contributed by atoms with E-state index in [1.165, 1.54) is 24.9 Å². The van der Waals surface area contributed by atoms with Gasteiger partial charge in [0.1, 0.15) is 0 Å². The highest BCUT2D eigenvalue weighted by molar-refractivity contribution is 5.77. The van der Waals surface area contributed by atoms with Crippen LogP contribution in [0.1, 0.15) is 24.8 Å². The summed E-state index contributed by atoms with van der Waals surface area (Å²) in [5.41, 5.74) is 12.8. The SMILES string of the molecule is NC(N)=N/[NH+]=C\c1ccc(N2CCCCC2)cc1. The Bertz CT molecular complexity index is 425. The Hall–Kier alpha value is -2.04. The van der Waals surface area contributed by atoms with Crippen molar-refractivity contribution in [2.24, 2.45) is 16.6 Å². The van der Waals surface area contributed by atoms with Gasteiger partial charge in [0, 0.05) is 29.4 Å². The minimum atomic E-state index is 0.0242. The molecule has 1 aromatic carbocycles. The number of piperidine rings is 1. The fourth-order valence-corrected chi connectivity index (χ4v) is 2.11. The first kappa shape index (κ1) is 12.4. The summed E-state index contributed by atoms with van der Waals surface area (Å²) in [6.07, 6.45) is 5.70. The zero-order chi connectivity index (χ0) is 12.8. The lowest BCUT2D eigenvalue weighted by atomic mass is 10.1. The zero-order valence-electron chi connectivity index (χ0n) is 10.5. The number of nitrogens with zero attached hydrogens (tertiary/aromatic N) is 2. The smallest absolute Gasteiger partial charge is 0.256 e. The Morgan fingerprint density at radius 2 is 1.78 bits per heavy atom. The molecule has 0 atom stereocenters. The first-order chi connectivity index (χ1) is 8.75. The summed E-state index contributed by atoms with van der Waals surface area (Å²) >= 11 is 0. The first-order valence-corrected chi connectivity index (χ1v) is 6.28. The second kappa shape index (κ2) is 6.05. The molecule has 5 nitrogen and oxygen atoms in total. The van der Waals surface area contributed by atoms with Gasteiger partial charge in [-0.25, -0.2) is 0 Å². The summed E-state index contributed by atoms with van der Waals surface area (Å²) in [4.78, 5) is 2.43. The Kier molecular flexibility index (Phi) is 4.17. The van der Waals surface area contributed by atoms with Gasteiger partial charge in [-0.2, -0.15) is 0 Å². The van der Waals surface area contributed by atoms with Gasteiger partial charge in [0.2, 0.25) is 6.21 Å². The molecule has 1 aromatic rings. The van der Waals surface area contributed by atoms with E-state index in [9.17, 15) is 0 Å². The van der Waals surface area contributed by atoms with E-state index in [0.717, 1.165) is 18.7 Å². The molecule has 96 valence electrons. The molecule has 2 rings (SSSR count). The van der Waals surface area contributed by atoms with Crippen molar-refractivity contribution in [3.63, 3.8) is 0 Å².